The predicted octanol–water partition coefficient (Wildman–Crippen LogP) is -5.48. The van der Waals surface area contributed by atoms with Crippen molar-refractivity contribution in [3.63, 3.8) is 0 Å². The zero-order chi connectivity index (χ0) is 12.8. The molecule has 0 saturated heterocycles. The molecule has 0 bridgehead atoms. The van der Waals surface area contributed by atoms with Gasteiger partial charge in [0, 0.05) is 11.8 Å². The molecule has 0 saturated carbocycles. The molecule has 0 atom stereocenters. The van der Waals surface area contributed by atoms with Crippen molar-refractivity contribution in [1.29, 1.82) is 0 Å². The van der Waals surface area contributed by atoms with Crippen LogP contribution in [0.3, 0.4) is 0 Å². The summed E-state index contributed by atoms with van der Waals surface area (Å²) in [4.78, 5) is 0. The Balaban J connectivity index is 0.00000180. The minimum atomic E-state index is -0.528. The third-order valence-electron chi connectivity index (χ3n) is 2.27. The molecule has 90 valence electrons. The first kappa shape index (κ1) is 19.4. The first-order valence-corrected chi connectivity index (χ1v) is 5.38. The molecule has 0 aliphatic rings. The average Bonchev–Trinajstić information content (AvgIpc) is 2.46. The van der Waals surface area contributed by atoms with Gasteiger partial charge in [-0.3, -0.25) is 0 Å². The van der Waals surface area contributed by atoms with E-state index in [4.69, 9.17) is 0 Å². The molecule has 20 heavy (non-hydrogen) atoms. The van der Waals surface area contributed by atoms with Crippen LogP contribution in [-0.4, -0.2) is 11.8 Å². The maximum Gasteiger partial charge on any atom is 1.00 e. The first-order valence-electron chi connectivity index (χ1n) is 5.38. The number of hydrogen-bond acceptors (Lipinski definition) is 4. The standard InChI is InChI=1S/C14H12N2O2.2Na/c17-13(11-7-3-1-4-8-11)15-16-14(18)12-9-5-2-6-10-12;;/h1-10H,(H,15,17)(H,16,18);;/q;2*+1/p-2. The molecule has 0 radical (unpaired) electrons. The second-order valence-electron chi connectivity index (χ2n) is 3.54. The van der Waals surface area contributed by atoms with E-state index >= 15 is 0 Å². The van der Waals surface area contributed by atoms with Crippen LogP contribution in [0.5, 0.6) is 0 Å². The molecule has 0 N–H and O–H groups in total. The topological polar surface area (TPSA) is 70.8 Å². The molecule has 0 aliphatic heterocycles. The minimum absolute atomic E-state index is 0. The fourth-order valence-electron chi connectivity index (χ4n) is 1.37. The summed E-state index contributed by atoms with van der Waals surface area (Å²) in [7, 11) is 0. The summed E-state index contributed by atoms with van der Waals surface area (Å²) >= 11 is 0. The van der Waals surface area contributed by atoms with Gasteiger partial charge in [-0.15, -0.1) is 0 Å². The van der Waals surface area contributed by atoms with Gasteiger partial charge < -0.3 is 10.2 Å². The van der Waals surface area contributed by atoms with E-state index in [1.54, 1.807) is 60.7 Å². The largest absolute Gasteiger partial charge is 1.00 e. The van der Waals surface area contributed by atoms with Gasteiger partial charge in [0.1, 0.15) is 0 Å². The number of hydrogen-bond donors (Lipinski definition) is 0. The second kappa shape index (κ2) is 10.2. The van der Waals surface area contributed by atoms with Crippen molar-refractivity contribution in [1.82, 2.24) is 0 Å². The Morgan fingerprint density at radius 2 is 0.900 bits per heavy atom. The van der Waals surface area contributed by atoms with E-state index in [0.717, 1.165) is 0 Å². The molecular formula is C14H10N2Na2O2. The Labute approximate surface area is 161 Å². The van der Waals surface area contributed by atoms with E-state index < -0.39 is 11.8 Å². The van der Waals surface area contributed by atoms with Gasteiger partial charge in [0.15, 0.2) is 0 Å². The first-order chi connectivity index (χ1) is 8.77. The molecule has 4 nitrogen and oxygen atoms in total. The van der Waals surface area contributed by atoms with Crippen LogP contribution >= 0.6 is 0 Å². The molecule has 0 aromatic heterocycles. The van der Waals surface area contributed by atoms with Crippen LogP contribution in [-0.2, 0) is 0 Å². The Bertz CT molecular complexity index is 519. The summed E-state index contributed by atoms with van der Waals surface area (Å²) in [6.45, 7) is 0. The average molecular weight is 284 g/mol. The summed E-state index contributed by atoms with van der Waals surface area (Å²) < 4.78 is 0. The Kier molecular flexibility index (Phi) is 9.84. The van der Waals surface area contributed by atoms with Crippen molar-refractivity contribution in [2.24, 2.45) is 10.2 Å². The summed E-state index contributed by atoms with van der Waals surface area (Å²) in [5, 5.41) is 30.0. The molecule has 2 aromatic carbocycles. The van der Waals surface area contributed by atoms with Gasteiger partial charge in [-0.25, -0.2) is 0 Å². The van der Waals surface area contributed by atoms with Crippen molar-refractivity contribution in [3.05, 3.63) is 71.8 Å². The number of nitrogens with zero attached hydrogens (tertiary/aromatic N) is 2. The summed E-state index contributed by atoms with van der Waals surface area (Å²) in [6, 6.07) is 17.0. The van der Waals surface area contributed by atoms with E-state index in [9.17, 15) is 10.2 Å². The van der Waals surface area contributed by atoms with Crippen molar-refractivity contribution < 1.29 is 69.3 Å². The van der Waals surface area contributed by atoms with Crippen molar-refractivity contribution in [3.8, 4) is 0 Å². The molecular weight excluding hydrogens is 274 g/mol. The minimum Gasteiger partial charge on any atom is -0.857 e. The third kappa shape index (κ3) is 5.79. The molecule has 6 heteroatoms. The van der Waals surface area contributed by atoms with Crippen LogP contribution < -0.4 is 69.3 Å². The molecule has 0 aliphatic carbocycles. The molecule has 0 spiro atoms. The van der Waals surface area contributed by atoms with Gasteiger partial charge in [-0.05, 0) is 11.1 Å². The fourth-order valence-corrected chi connectivity index (χ4v) is 1.37. The Morgan fingerprint density at radius 3 is 1.20 bits per heavy atom. The van der Waals surface area contributed by atoms with Crippen LogP contribution in [0.15, 0.2) is 70.9 Å². The van der Waals surface area contributed by atoms with Crippen LogP contribution in [0.2, 0.25) is 0 Å². The van der Waals surface area contributed by atoms with Gasteiger partial charge in [-0.2, -0.15) is 10.2 Å². The molecule has 0 unspecified atom stereocenters. The fraction of sp³-hybridized carbons (Fsp3) is 0. The molecule has 0 heterocycles. The zero-order valence-electron chi connectivity index (χ0n) is 11.5. The maximum atomic E-state index is 11.6. The third-order valence-corrected chi connectivity index (χ3v) is 2.27. The van der Waals surface area contributed by atoms with Crippen molar-refractivity contribution >= 4 is 11.8 Å². The smallest absolute Gasteiger partial charge is 0.857 e. The van der Waals surface area contributed by atoms with E-state index in [0.29, 0.717) is 11.1 Å². The quantitative estimate of drug-likeness (QED) is 0.244. The number of benzene rings is 2. The van der Waals surface area contributed by atoms with E-state index in [1.807, 2.05) is 0 Å². The van der Waals surface area contributed by atoms with Crippen LogP contribution in [0.25, 0.3) is 0 Å². The van der Waals surface area contributed by atoms with Gasteiger partial charge in [0.25, 0.3) is 0 Å². The summed E-state index contributed by atoms with van der Waals surface area (Å²) in [5.74, 6) is -1.06. The van der Waals surface area contributed by atoms with E-state index in [2.05, 4.69) is 10.2 Å². The number of rotatable bonds is 3. The van der Waals surface area contributed by atoms with E-state index in [-0.39, 0.29) is 59.1 Å². The van der Waals surface area contributed by atoms with E-state index in [1.165, 1.54) is 0 Å². The predicted molar refractivity (Wildman–Crippen MR) is 66.0 cm³/mol. The van der Waals surface area contributed by atoms with Crippen LogP contribution in [0, 0.1) is 0 Å². The molecule has 0 fully saturated rings. The normalized spacial score (nSPS) is 11.2. The Morgan fingerprint density at radius 1 is 0.600 bits per heavy atom. The van der Waals surface area contributed by atoms with Gasteiger partial charge in [-0.1, -0.05) is 60.7 Å². The monoisotopic (exact) mass is 284 g/mol. The second-order valence-corrected chi connectivity index (χ2v) is 3.54. The van der Waals surface area contributed by atoms with Crippen LogP contribution in [0.1, 0.15) is 11.1 Å². The maximum absolute atomic E-state index is 11.6. The molecule has 2 aromatic rings. The SMILES string of the molecule is [Na+].[Na+].[O-]/C(=N\N=C(\[O-])c1ccccc1)c1ccccc1. The summed E-state index contributed by atoms with van der Waals surface area (Å²) in [5.41, 5.74) is 0.809. The van der Waals surface area contributed by atoms with Crippen molar-refractivity contribution in [2.75, 3.05) is 0 Å². The van der Waals surface area contributed by atoms with Gasteiger partial charge >= 0.3 is 59.1 Å². The molecule has 2 rings (SSSR count). The molecule has 0 amide bonds. The summed E-state index contributed by atoms with van der Waals surface area (Å²) in [6.07, 6.45) is 0. The Hall–Kier alpha value is -0.620. The van der Waals surface area contributed by atoms with Crippen LogP contribution in [0.4, 0.5) is 0 Å². The van der Waals surface area contributed by atoms with Gasteiger partial charge in [0.2, 0.25) is 0 Å². The van der Waals surface area contributed by atoms with Gasteiger partial charge in [0.05, 0.1) is 0 Å². The zero-order valence-corrected chi connectivity index (χ0v) is 15.5. The van der Waals surface area contributed by atoms with Crippen molar-refractivity contribution in [2.45, 2.75) is 0 Å².